The molecule has 0 saturated heterocycles. The largest absolute Gasteiger partial charge is 0.497 e. The zero-order valence-corrected chi connectivity index (χ0v) is 11.2. The van der Waals surface area contributed by atoms with Gasteiger partial charge in [-0.3, -0.25) is 4.79 Å². The van der Waals surface area contributed by atoms with Gasteiger partial charge in [-0.1, -0.05) is 0 Å². The number of anilines is 1. The van der Waals surface area contributed by atoms with E-state index in [4.69, 9.17) is 9.47 Å². The van der Waals surface area contributed by atoms with Crippen molar-refractivity contribution in [2.24, 2.45) is 0 Å². The first kappa shape index (κ1) is 15.4. The van der Waals surface area contributed by atoms with Crippen molar-refractivity contribution in [1.29, 1.82) is 0 Å². The lowest BCUT2D eigenvalue weighted by molar-refractivity contribution is -0.115. The Morgan fingerprint density at radius 1 is 1.32 bits per heavy atom. The van der Waals surface area contributed by atoms with E-state index in [1.54, 1.807) is 31.4 Å². The molecule has 3 N–H and O–H groups in total. The molecule has 0 saturated carbocycles. The van der Waals surface area contributed by atoms with Gasteiger partial charge in [0, 0.05) is 19.3 Å². The van der Waals surface area contributed by atoms with Crippen LogP contribution in [0.3, 0.4) is 0 Å². The summed E-state index contributed by atoms with van der Waals surface area (Å²) in [4.78, 5) is 11.6. The molecule has 1 amide bonds. The fraction of sp³-hybridized carbons (Fsp3) is 0.462. The molecule has 1 aromatic rings. The Morgan fingerprint density at radius 3 is 2.58 bits per heavy atom. The van der Waals surface area contributed by atoms with Gasteiger partial charge in [-0.15, -0.1) is 0 Å². The van der Waals surface area contributed by atoms with Crippen LogP contribution in [0.25, 0.3) is 0 Å². The molecule has 0 aliphatic carbocycles. The number of nitrogens with one attached hydrogen (secondary N) is 2. The standard InChI is InChI=1S/C13H20N2O4/c1-18-9-11(16)7-14-8-13(17)15-10-3-5-12(19-2)6-4-10/h3-6,11,14,16H,7-9H2,1-2H3,(H,15,17). The molecule has 6 heteroatoms. The smallest absolute Gasteiger partial charge is 0.238 e. The second-order valence-electron chi connectivity index (χ2n) is 4.02. The van der Waals surface area contributed by atoms with Crippen molar-refractivity contribution < 1.29 is 19.4 Å². The molecule has 1 unspecified atom stereocenters. The summed E-state index contributed by atoms with van der Waals surface area (Å²) < 4.78 is 9.80. The Balaban J connectivity index is 2.26. The van der Waals surface area contributed by atoms with Gasteiger partial charge in [0.05, 0.1) is 26.4 Å². The van der Waals surface area contributed by atoms with Crippen molar-refractivity contribution in [2.45, 2.75) is 6.10 Å². The molecular formula is C13H20N2O4. The van der Waals surface area contributed by atoms with Gasteiger partial charge >= 0.3 is 0 Å². The number of hydrogen-bond donors (Lipinski definition) is 3. The molecule has 6 nitrogen and oxygen atoms in total. The van der Waals surface area contributed by atoms with E-state index < -0.39 is 6.10 Å². The summed E-state index contributed by atoms with van der Waals surface area (Å²) in [7, 11) is 3.10. The van der Waals surface area contributed by atoms with Crippen LogP contribution in [0.15, 0.2) is 24.3 Å². The van der Waals surface area contributed by atoms with E-state index >= 15 is 0 Å². The van der Waals surface area contributed by atoms with E-state index in [1.807, 2.05) is 0 Å². The van der Waals surface area contributed by atoms with Crippen LogP contribution in [0.4, 0.5) is 5.69 Å². The molecule has 0 fully saturated rings. The van der Waals surface area contributed by atoms with Crippen LogP contribution < -0.4 is 15.4 Å². The van der Waals surface area contributed by atoms with Gasteiger partial charge in [0.2, 0.25) is 5.91 Å². The number of ether oxygens (including phenoxy) is 2. The molecule has 0 bridgehead atoms. The number of aliphatic hydroxyl groups is 1. The van der Waals surface area contributed by atoms with Crippen molar-refractivity contribution in [1.82, 2.24) is 5.32 Å². The third-order valence-electron chi connectivity index (χ3n) is 2.40. The van der Waals surface area contributed by atoms with E-state index in [9.17, 15) is 9.90 Å². The van der Waals surface area contributed by atoms with Gasteiger partial charge in [-0.25, -0.2) is 0 Å². The topological polar surface area (TPSA) is 79.8 Å². The minimum Gasteiger partial charge on any atom is -0.497 e. The maximum absolute atomic E-state index is 11.6. The van der Waals surface area contributed by atoms with Crippen molar-refractivity contribution in [2.75, 3.05) is 39.2 Å². The number of hydrogen-bond acceptors (Lipinski definition) is 5. The molecule has 106 valence electrons. The fourth-order valence-electron chi connectivity index (χ4n) is 1.48. The summed E-state index contributed by atoms with van der Waals surface area (Å²) in [6.45, 7) is 0.684. The summed E-state index contributed by atoms with van der Waals surface area (Å²) in [5.74, 6) is 0.564. The highest BCUT2D eigenvalue weighted by Gasteiger charge is 2.05. The normalized spacial score (nSPS) is 11.9. The van der Waals surface area contributed by atoms with Crippen LogP contribution in [0.5, 0.6) is 5.75 Å². The number of methoxy groups -OCH3 is 2. The highest BCUT2D eigenvalue weighted by atomic mass is 16.5. The molecule has 1 atom stereocenters. The van der Waals surface area contributed by atoms with Crippen LogP contribution in [0, 0.1) is 0 Å². The van der Waals surface area contributed by atoms with Gasteiger partial charge in [0.15, 0.2) is 0 Å². The Bertz CT molecular complexity index is 381. The predicted molar refractivity (Wildman–Crippen MR) is 72.4 cm³/mol. The SMILES string of the molecule is COCC(O)CNCC(=O)Nc1ccc(OC)cc1. The van der Waals surface area contributed by atoms with Crippen molar-refractivity contribution in [3.8, 4) is 5.75 Å². The number of benzene rings is 1. The third-order valence-corrected chi connectivity index (χ3v) is 2.40. The van der Waals surface area contributed by atoms with E-state index in [2.05, 4.69) is 10.6 Å². The Labute approximate surface area is 112 Å². The first-order valence-electron chi connectivity index (χ1n) is 5.97. The minimum atomic E-state index is -0.612. The summed E-state index contributed by atoms with van der Waals surface area (Å²) in [5.41, 5.74) is 0.699. The highest BCUT2D eigenvalue weighted by Crippen LogP contribution is 2.14. The third kappa shape index (κ3) is 6.19. The first-order valence-corrected chi connectivity index (χ1v) is 5.97. The van der Waals surface area contributed by atoms with Crippen molar-refractivity contribution >= 4 is 11.6 Å². The maximum Gasteiger partial charge on any atom is 0.238 e. The molecule has 0 spiro atoms. The Hall–Kier alpha value is -1.63. The highest BCUT2D eigenvalue weighted by molar-refractivity contribution is 5.92. The van der Waals surface area contributed by atoms with Crippen LogP contribution in [0.2, 0.25) is 0 Å². The predicted octanol–water partition coefficient (Wildman–Crippen LogP) is 0.231. The van der Waals surface area contributed by atoms with Gasteiger partial charge in [-0.05, 0) is 24.3 Å². The fourth-order valence-corrected chi connectivity index (χ4v) is 1.48. The van der Waals surface area contributed by atoms with Crippen molar-refractivity contribution in [3.05, 3.63) is 24.3 Å². The summed E-state index contributed by atoms with van der Waals surface area (Å²) in [6.07, 6.45) is -0.612. The Morgan fingerprint density at radius 2 is 2.00 bits per heavy atom. The number of carbonyl (C=O) groups is 1. The molecule has 0 heterocycles. The summed E-state index contributed by atoms with van der Waals surface area (Å²) in [6, 6.07) is 7.06. The monoisotopic (exact) mass is 268 g/mol. The molecule has 0 aromatic heterocycles. The number of amides is 1. The molecule has 0 radical (unpaired) electrons. The van der Waals surface area contributed by atoms with Crippen molar-refractivity contribution in [3.63, 3.8) is 0 Å². The maximum atomic E-state index is 11.6. The van der Waals surface area contributed by atoms with Gasteiger partial charge in [0.1, 0.15) is 5.75 Å². The van der Waals surface area contributed by atoms with E-state index in [0.717, 1.165) is 5.75 Å². The number of aliphatic hydroxyl groups excluding tert-OH is 1. The second-order valence-corrected chi connectivity index (χ2v) is 4.02. The second kappa shape index (κ2) is 8.47. The van der Waals surface area contributed by atoms with Crippen LogP contribution in [-0.4, -0.2) is 51.0 Å². The van der Waals surface area contributed by atoms with Gasteiger partial charge in [-0.2, -0.15) is 0 Å². The van der Waals surface area contributed by atoms with Gasteiger partial charge < -0.3 is 25.2 Å². The minimum absolute atomic E-state index is 0.132. The lowest BCUT2D eigenvalue weighted by atomic mass is 10.3. The average molecular weight is 268 g/mol. The molecule has 19 heavy (non-hydrogen) atoms. The van der Waals surface area contributed by atoms with Crippen LogP contribution in [0.1, 0.15) is 0 Å². The molecular weight excluding hydrogens is 248 g/mol. The molecule has 0 aliphatic rings. The lowest BCUT2D eigenvalue weighted by Gasteiger charge is -2.11. The summed E-state index contributed by atoms with van der Waals surface area (Å²) in [5, 5.41) is 15.0. The van der Waals surface area contributed by atoms with Gasteiger partial charge in [0.25, 0.3) is 0 Å². The van der Waals surface area contributed by atoms with E-state index in [1.165, 1.54) is 7.11 Å². The Kier molecular flexibility index (Phi) is 6.88. The van der Waals surface area contributed by atoms with E-state index in [-0.39, 0.29) is 19.1 Å². The zero-order chi connectivity index (χ0) is 14.1. The lowest BCUT2D eigenvalue weighted by Crippen LogP contribution is -2.35. The van der Waals surface area contributed by atoms with Crippen LogP contribution in [-0.2, 0) is 9.53 Å². The summed E-state index contributed by atoms with van der Waals surface area (Å²) >= 11 is 0. The number of carbonyl (C=O) groups excluding carboxylic acids is 1. The first-order chi connectivity index (χ1) is 9.15. The molecule has 0 aliphatic heterocycles. The van der Waals surface area contributed by atoms with Crippen LogP contribution >= 0.6 is 0 Å². The molecule has 1 aromatic carbocycles. The average Bonchev–Trinajstić information content (AvgIpc) is 2.40. The number of rotatable bonds is 8. The quantitative estimate of drug-likeness (QED) is 0.629. The zero-order valence-electron chi connectivity index (χ0n) is 11.2. The molecule has 1 rings (SSSR count). The van der Waals surface area contributed by atoms with E-state index in [0.29, 0.717) is 12.2 Å².